The van der Waals surface area contributed by atoms with E-state index in [4.69, 9.17) is 14.2 Å². The standard InChI is InChI=1S/C21H32N4O4/c1-21(2,3)29-20(26)24-9-10-25-17(15-24)14-23-19(25)22-13-16-5-7-18(8-6-16)28-12-11-27-4/h5-8,17H,9-15H2,1-4H3,(H,22,23). The van der Waals surface area contributed by atoms with Crippen LogP contribution in [0, 0.1) is 0 Å². The number of ether oxygens (including phenoxy) is 3. The first-order chi connectivity index (χ1) is 13.9. The van der Waals surface area contributed by atoms with Crippen LogP contribution in [0.2, 0.25) is 0 Å². The first-order valence-corrected chi connectivity index (χ1v) is 10.1. The quantitative estimate of drug-likeness (QED) is 0.732. The third kappa shape index (κ3) is 6.00. The maximum Gasteiger partial charge on any atom is 0.410 e. The van der Waals surface area contributed by atoms with E-state index in [0.717, 1.165) is 23.8 Å². The van der Waals surface area contributed by atoms with Gasteiger partial charge in [0.05, 0.1) is 19.2 Å². The summed E-state index contributed by atoms with van der Waals surface area (Å²) in [5.41, 5.74) is 0.680. The van der Waals surface area contributed by atoms with E-state index in [1.165, 1.54) is 0 Å². The molecule has 0 aromatic heterocycles. The summed E-state index contributed by atoms with van der Waals surface area (Å²) >= 11 is 0. The van der Waals surface area contributed by atoms with Crippen LogP contribution in [0.25, 0.3) is 0 Å². The monoisotopic (exact) mass is 404 g/mol. The Morgan fingerprint density at radius 3 is 2.66 bits per heavy atom. The van der Waals surface area contributed by atoms with E-state index in [2.05, 4.69) is 15.2 Å². The molecule has 8 nitrogen and oxygen atoms in total. The molecular formula is C21H32N4O4. The number of amides is 1. The first-order valence-electron chi connectivity index (χ1n) is 10.1. The molecule has 1 atom stereocenters. The van der Waals surface area contributed by atoms with Crippen LogP contribution < -0.4 is 10.1 Å². The van der Waals surface area contributed by atoms with Gasteiger partial charge in [-0.05, 0) is 38.5 Å². The SMILES string of the molecule is COCCOc1ccc(CNC2=NCC3CN(C(=O)OC(C)(C)C)CCN23)cc1. The number of carbonyl (C=O) groups is 1. The second-order valence-electron chi connectivity index (χ2n) is 8.28. The Labute approximate surface area is 172 Å². The topological polar surface area (TPSA) is 75.6 Å². The lowest BCUT2D eigenvalue weighted by Crippen LogP contribution is -2.57. The Bertz CT molecular complexity index is 714. The van der Waals surface area contributed by atoms with Crippen molar-refractivity contribution < 1.29 is 19.0 Å². The Hall–Kier alpha value is -2.48. The van der Waals surface area contributed by atoms with Gasteiger partial charge in [0.25, 0.3) is 0 Å². The molecule has 1 unspecified atom stereocenters. The van der Waals surface area contributed by atoms with Gasteiger partial charge in [-0.3, -0.25) is 4.99 Å². The summed E-state index contributed by atoms with van der Waals surface area (Å²) in [5.74, 6) is 1.74. The van der Waals surface area contributed by atoms with Crippen LogP contribution in [0.3, 0.4) is 0 Å². The van der Waals surface area contributed by atoms with E-state index in [1.54, 1.807) is 12.0 Å². The minimum Gasteiger partial charge on any atom is -0.491 e. The average molecular weight is 405 g/mol. The number of nitrogens with one attached hydrogen (secondary N) is 1. The normalized spacial score (nSPS) is 18.9. The number of methoxy groups -OCH3 is 1. The number of aliphatic imine (C=N–C) groups is 1. The fourth-order valence-electron chi connectivity index (χ4n) is 3.35. The number of hydrogen-bond acceptors (Lipinski definition) is 7. The van der Waals surface area contributed by atoms with Crippen molar-refractivity contribution in [1.82, 2.24) is 15.1 Å². The van der Waals surface area contributed by atoms with Gasteiger partial charge < -0.3 is 29.3 Å². The molecular weight excluding hydrogens is 372 g/mol. The number of carbonyl (C=O) groups excluding carboxylic acids is 1. The highest BCUT2D eigenvalue weighted by Crippen LogP contribution is 2.19. The molecule has 2 aliphatic heterocycles. The lowest BCUT2D eigenvalue weighted by molar-refractivity contribution is 0.0137. The molecule has 160 valence electrons. The third-order valence-electron chi connectivity index (χ3n) is 4.79. The fraction of sp³-hybridized carbons (Fsp3) is 0.619. The van der Waals surface area contributed by atoms with E-state index in [0.29, 0.717) is 39.4 Å². The summed E-state index contributed by atoms with van der Waals surface area (Å²) in [4.78, 5) is 21.0. The van der Waals surface area contributed by atoms with Crippen LogP contribution in [0.1, 0.15) is 26.3 Å². The maximum absolute atomic E-state index is 12.3. The maximum atomic E-state index is 12.3. The van der Waals surface area contributed by atoms with Crippen molar-refractivity contribution >= 4 is 12.1 Å². The van der Waals surface area contributed by atoms with E-state index in [-0.39, 0.29) is 12.1 Å². The number of hydrogen-bond donors (Lipinski definition) is 1. The lowest BCUT2D eigenvalue weighted by Gasteiger charge is -2.39. The zero-order valence-corrected chi connectivity index (χ0v) is 17.8. The van der Waals surface area contributed by atoms with Crippen molar-refractivity contribution in [1.29, 1.82) is 0 Å². The lowest BCUT2D eigenvalue weighted by atomic mass is 10.2. The van der Waals surface area contributed by atoms with Gasteiger partial charge in [-0.1, -0.05) is 12.1 Å². The van der Waals surface area contributed by atoms with Crippen molar-refractivity contribution in [3.05, 3.63) is 29.8 Å². The molecule has 0 radical (unpaired) electrons. The van der Waals surface area contributed by atoms with Gasteiger partial charge in [0.15, 0.2) is 5.96 Å². The average Bonchev–Trinajstić information content (AvgIpc) is 3.08. The predicted octanol–water partition coefficient (Wildman–Crippen LogP) is 2.09. The van der Waals surface area contributed by atoms with Gasteiger partial charge in [0, 0.05) is 33.3 Å². The van der Waals surface area contributed by atoms with Gasteiger partial charge in [-0.15, -0.1) is 0 Å². The van der Waals surface area contributed by atoms with Crippen molar-refractivity contribution in [2.24, 2.45) is 4.99 Å². The Morgan fingerprint density at radius 1 is 1.21 bits per heavy atom. The summed E-state index contributed by atoms with van der Waals surface area (Å²) in [6.07, 6.45) is -0.244. The fourth-order valence-corrected chi connectivity index (χ4v) is 3.35. The molecule has 1 aromatic rings. The number of piperazine rings is 1. The minimum absolute atomic E-state index is 0.204. The molecule has 0 bridgehead atoms. The molecule has 29 heavy (non-hydrogen) atoms. The summed E-state index contributed by atoms with van der Waals surface area (Å²) < 4.78 is 16.1. The molecule has 0 aliphatic carbocycles. The molecule has 0 spiro atoms. The van der Waals surface area contributed by atoms with Gasteiger partial charge in [0.1, 0.15) is 18.0 Å². The van der Waals surface area contributed by atoms with Crippen LogP contribution in [0.4, 0.5) is 4.79 Å². The minimum atomic E-state index is -0.475. The van der Waals surface area contributed by atoms with E-state index in [9.17, 15) is 4.79 Å². The molecule has 1 N–H and O–H groups in total. The third-order valence-corrected chi connectivity index (χ3v) is 4.79. The molecule has 1 aromatic carbocycles. The zero-order chi connectivity index (χ0) is 20.9. The molecule has 1 amide bonds. The molecule has 1 saturated heterocycles. The summed E-state index contributed by atoms with van der Waals surface area (Å²) in [6, 6.07) is 8.22. The number of rotatable bonds is 6. The Morgan fingerprint density at radius 2 is 1.97 bits per heavy atom. The Kier molecular flexibility index (Phi) is 6.84. The number of guanidine groups is 1. The number of nitrogens with zero attached hydrogens (tertiary/aromatic N) is 3. The van der Waals surface area contributed by atoms with Crippen molar-refractivity contribution in [2.75, 3.05) is 46.5 Å². The predicted molar refractivity (Wildman–Crippen MR) is 111 cm³/mol. The molecule has 3 rings (SSSR count). The smallest absolute Gasteiger partial charge is 0.410 e. The van der Waals surface area contributed by atoms with E-state index >= 15 is 0 Å². The van der Waals surface area contributed by atoms with Crippen molar-refractivity contribution in [2.45, 2.75) is 39.0 Å². The number of fused-ring (bicyclic) bond motifs is 1. The first kappa shape index (κ1) is 21.2. The highest BCUT2D eigenvalue weighted by atomic mass is 16.6. The second kappa shape index (κ2) is 9.35. The van der Waals surface area contributed by atoms with Gasteiger partial charge in [-0.25, -0.2) is 4.79 Å². The van der Waals surface area contributed by atoms with Crippen molar-refractivity contribution in [3.8, 4) is 5.75 Å². The van der Waals surface area contributed by atoms with Gasteiger partial charge in [0.2, 0.25) is 0 Å². The van der Waals surface area contributed by atoms with Gasteiger partial charge in [-0.2, -0.15) is 0 Å². The molecule has 8 heteroatoms. The largest absolute Gasteiger partial charge is 0.491 e. The highest BCUT2D eigenvalue weighted by Gasteiger charge is 2.36. The van der Waals surface area contributed by atoms with Crippen LogP contribution in [-0.4, -0.2) is 80.0 Å². The molecule has 2 heterocycles. The summed E-state index contributed by atoms with van der Waals surface area (Å²) in [7, 11) is 1.66. The number of benzene rings is 1. The van der Waals surface area contributed by atoms with Crippen LogP contribution in [0.5, 0.6) is 5.75 Å². The van der Waals surface area contributed by atoms with Crippen LogP contribution in [0.15, 0.2) is 29.3 Å². The van der Waals surface area contributed by atoms with Crippen LogP contribution >= 0.6 is 0 Å². The second-order valence-corrected chi connectivity index (χ2v) is 8.28. The summed E-state index contributed by atoms with van der Waals surface area (Å²) in [6.45, 7) is 10.2. The van der Waals surface area contributed by atoms with E-state index in [1.807, 2.05) is 45.0 Å². The highest BCUT2D eigenvalue weighted by molar-refractivity contribution is 5.82. The molecule has 2 aliphatic rings. The van der Waals surface area contributed by atoms with E-state index < -0.39 is 5.60 Å². The van der Waals surface area contributed by atoms with Crippen molar-refractivity contribution in [3.63, 3.8) is 0 Å². The molecule has 0 saturated carbocycles. The van der Waals surface area contributed by atoms with Crippen LogP contribution in [-0.2, 0) is 16.0 Å². The Balaban J connectivity index is 1.45. The zero-order valence-electron chi connectivity index (χ0n) is 17.8. The molecule has 1 fully saturated rings. The summed E-state index contributed by atoms with van der Waals surface area (Å²) in [5, 5.41) is 3.43. The van der Waals surface area contributed by atoms with Gasteiger partial charge >= 0.3 is 6.09 Å².